The molecule has 2 aliphatic rings. The number of rotatable bonds is 8. The summed E-state index contributed by atoms with van der Waals surface area (Å²) in [6, 6.07) is 1.57. The first-order valence-electron chi connectivity index (χ1n) is 9.16. The van der Waals surface area contributed by atoms with Gasteiger partial charge >= 0.3 is 5.97 Å². The maximum atomic E-state index is 12.7. The van der Waals surface area contributed by atoms with E-state index in [1.54, 1.807) is 23.8 Å². The van der Waals surface area contributed by atoms with Crippen molar-refractivity contribution in [3.8, 4) is 16.9 Å². The quantitative estimate of drug-likeness (QED) is 0.436. The SMILES string of the molecule is CCCCOc1c2cc(Cl)c(Cl)c(=O)c-2cn(CC(C)C)c1C(=O)OCC. The molecule has 0 aromatic heterocycles. The van der Waals surface area contributed by atoms with E-state index >= 15 is 0 Å². The Morgan fingerprint density at radius 2 is 1.93 bits per heavy atom. The smallest absolute Gasteiger partial charge is 0.358 e. The van der Waals surface area contributed by atoms with Crippen molar-refractivity contribution in [3.63, 3.8) is 0 Å². The summed E-state index contributed by atoms with van der Waals surface area (Å²) in [6.07, 6.45) is 3.39. The van der Waals surface area contributed by atoms with Gasteiger partial charge in [-0.2, -0.15) is 0 Å². The van der Waals surface area contributed by atoms with Crippen molar-refractivity contribution in [1.29, 1.82) is 0 Å². The number of fused-ring (bicyclic) bond motifs is 1. The summed E-state index contributed by atoms with van der Waals surface area (Å²) in [7, 11) is 0. The molecule has 0 saturated heterocycles. The van der Waals surface area contributed by atoms with Gasteiger partial charge in [0.25, 0.3) is 0 Å². The minimum atomic E-state index is -0.495. The van der Waals surface area contributed by atoms with Gasteiger partial charge in [-0.05, 0) is 25.3 Å². The lowest BCUT2D eigenvalue weighted by Crippen LogP contribution is -2.22. The normalized spacial score (nSPS) is 11.2. The van der Waals surface area contributed by atoms with Gasteiger partial charge < -0.3 is 14.0 Å². The third-order valence-electron chi connectivity index (χ3n) is 4.02. The number of ether oxygens (including phenoxy) is 2. The highest BCUT2D eigenvalue weighted by Gasteiger charge is 2.27. The highest BCUT2D eigenvalue weighted by atomic mass is 35.5. The van der Waals surface area contributed by atoms with Crippen LogP contribution in [0.25, 0.3) is 11.1 Å². The zero-order valence-electron chi connectivity index (χ0n) is 16.1. The zero-order chi connectivity index (χ0) is 20.1. The molecular formula is C20H25Cl2NO4. The van der Waals surface area contributed by atoms with Gasteiger partial charge in [-0.25, -0.2) is 4.79 Å². The third-order valence-corrected chi connectivity index (χ3v) is 4.79. The predicted octanol–water partition coefficient (Wildman–Crippen LogP) is 5.27. The van der Waals surface area contributed by atoms with E-state index in [1.165, 1.54) is 0 Å². The van der Waals surface area contributed by atoms with E-state index in [-0.39, 0.29) is 33.7 Å². The fourth-order valence-corrected chi connectivity index (χ4v) is 3.17. The highest BCUT2D eigenvalue weighted by Crippen LogP contribution is 2.38. The second-order valence-electron chi connectivity index (χ2n) is 6.74. The lowest BCUT2D eigenvalue weighted by atomic mass is 10.0. The number of halogens is 2. The van der Waals surface area contributed by atoms with Gasteiger partial charge in [0.2, 0.25) is 5.43 Å². The molecule has 0 unspecified atom stereocenters. The van der Waals surface area contributed by atoms with Crippen LogP contribution in [0, 0.1) is 5.92 Å². The molecule has 0 aromatic carbocycles. The number of pyridine rings is 1. The fourth-order valence-electron chi connectivity index (χ4n) is 2.82. The summed E-state index contributed by atoms with van der Waals surface area (Å²) in [4.78, 5) is 25.4. The predicted molar refractivity (Wildman–Crippen MR) is 109 cm³/mol. The van der Waals surface area contributed by atoms with Gasteiger partial charge in [0, 0.05) is 18.3 Å². The maximum Gasteiger partial charge on any atom is 0.358 e. The molecule has 0 aromatic rings. The van der Waals surface area contributed by atoms with Gasteiger partial charge in [-0.15, -0.1) is 0 Å². The number of benzene rings is 1. The van der Waals surface area contributed by atoms with Crippen molar-refractivity contribution in [1.82, 2.24) is 4.57 Å². The summed E-state index contributed by atoms with van der Waals surface area (Å²) < 4.78 is 12.9. The Morgan fingerprint density at radius 3 is 2.52 bits per heavy atom. The molecule has 0 fully saturated rings. The van der Waals surface area contributed by atoms with Crippen LogP contribution in [0.4, 0.5) is 0 Å². The number of hydrogen-bond acceptors (Lipinski definition) is 4. The van der Waals surface area contributed by atoms with Crippen molar-refractivity contribution in [2.24, 2.45) is 5.92 Å². The molecule has 7 heteroatoms. The van der Waals surface area contributed by atoms with Crippen LogP contribution >= 0.6 is 23.2 Å². The molecule has 0 radical (unpaired) electrons. The van der Waals surface area contributed by atoms with Crippen molar-refractivity contribution >= 4 is 29.2 Å². The van der Waals surface area contributed by atoms with Crippen molar-refractivity contribution in [3.05, 3.63) is 38.2 Å². The third kappa shape index (κ3) is 4.77. The topological polar surface area (TPSA) is 57.5 Å². The molecule has 1 heterocycles. The number of aromatic nitrogens is 1. The van der Waals surface area contributed by atoms with Gasteiger partial charge in [-0.1, -0.05) is 50.4 Å². The van der Waals surface area contributed by atoms with Crippen LogP contribution in [0.1, 0.15) is 51.0 Å². The Hall–Kier alpha value is -1.72. The van der Waals surface area contributed by atoms with Crippen LogP contribution < -0.4 is 10.2 Å². The average Bonchev–Trinajstić information content (AvgIpc) is 2.60. The first-order chi connectivity index (χ1) is 12.8. The Kier molecular flexibility index (Phi) is 7.57. The van der Waals surface area contributed by atoms with Gasteiger partial charge in [-0.3, -0.25) is 4.79 Å². The standard InChI is InChI=1S/C20H25Cl2NO4/c1-5-7-8-27-19-13-9-15(21)16(22)18(24)14(13)11-23(10-12(3)4)17(19)20(25)26-6-2/h9,11-12H,5-8,10H2,1-4H3. The first-order valence-corrected chi connectivity index (χ1v) is 9.92. The van der Waals surface area contributed by atoms with E-state index in [4.69, 9.17) is 32.7 Å². The van der Waals surface area contributed by atoms with Crippen LogP contribution in [0.5, 0.6) is 5.75 Å². The molecule has 0 spiro atoms. The van der Waals surface area contributed by atoms with E-state index in [2.05, 4.69) is 0 Å². The lowest BCUT2D eigenvalue weighted by Gasteiger charge is -2.23. The molecule has 0 bridgehead atoms. The first kappa shape index (κ1) is 21.6. The van der Waals surface area contributed by atoms with Crippen LogP contribution in [-0.4, -0.2) is 23.8 Å². The van der Waals surface area contributed by atoms with E-state index in [9.17, 15) is 9.59 Å². The zero-order valence-corrected chi connectivity index (χ0v) is 17.6. The Morgan fingerprint density at radius 1 is 1.22 bits per heavy atom. The summed E-state index contributed by atoms with van der Waals surface area (Å²) in [5.74, 6) is 0.0581. The van der Waals surface area contributed by atoms with Crippen molar-refractivity contribution < 1.29 is 14.3 Å². The second kappa shape index (κ2) is 9.47. The van der Waals surface area contributed by atoms with Gasteiger partial charge in [0.15, 0.2) is 11.4 Å². The number of esters is 1. The van der Waals surface area contributed by atoms with Crippen LogP contribution in [0.3, 0.4) is 0 Å². The minimum Gasteiger partial charge on any atom is -0.490 e. The monoisotopic (exact) mass is 413 g/mol. The molecule has 0 amide bonds. The average molecular weight is 414 g/mol. The number of carbonyl (C=O) groups excluding carboxylic acids is 1. The molecule has 0 atom stereocenters. The van der Waals surface area contributed by atoms with Crippen LogP contribution in [0.15, 0.2) is 17.1 Å². The number of nitrogens with zero attached hydrogens (tertiary/aromatic N) is 1. The molecule has 0 N–H and O–H groups in total. The summed E-state index contributed by atoms with van der Waals surface area (Å²) in [5, 5.41) is 0.0922. The Bertz CT molecular complexity index is 845. The number of hydrogen-bond donors (Lipinski definition) is 0. The largest absolute Gasteiger partial charge is 0.490 e. The summed E-state index contributed by atoms with van der Waals surface area (Å²) >= 11 is 12.2. The van der Waals surface area contributed by atoms with Crippen molar-refractivity contribution in [2.75, 3.05) is 13.2 Å². The van der Waals surface area contributed by atoms with E-state index in [0.29, 0.717) is 30.0 Å². The van der Waals surface area contributed by atoms with Gasteiger partial charge in [0.1, 0.15) is 5.02 Å². The highest BCUT2D eigenvalue weighted by molar-refractivity contribution is 6.42. The van der Waals surface area contributed by atoms with E-state index < -0.39 is 5.97 Å². The maximum absolute atomic E-state index is 12.7. The van der Waals surface area contributed by atoms with Gasteiger partial charge in [0.05, 0.1) is 23.8 Å². The molecule has 5 nitrogen and oxygen atoms in total. The molecule has 0 saturated carbocycles. The summed E-state index contributed by atoms with van der Waals surface area (Å²) in [6.45, 7) is 9.01. The second-order valence-corrected chi connectivity index (χ2v) is 7.52. The summed E-state index contributed by atoms with van der Waals surface area (Å²) in [5.41, 5.74) is 0.734. The minimum absolute atomic E-state index is 0.0383. The molecular weight excluding hydrogens is 389 g/mol. The fraction of sp³-hybridized carbons (Fsp3) is 0.500. The molecule has 148 valence electrons. The number of unbranched alkanes of at least 4 members (excludes halogenated alkanes) is 1. The Labute approximate surface area is 169 Å². The molecule has 27 heavy (non-hydrogen) atoms. The van der Waals surface area contributed by atoms with Crippen molar-refractivity contribution in [2.45, 2.75) is 47.1 Å². The molecule has 2 rings (SSSR count). The Balaban J connectivity index is 2.83. The van der Waals surface area contributed by atoms with Crippen LogP contribution in [0.2, 0.25) is 10.0 Å². The molecule has 1 aliphatic heterocycles. The van der Waals surface area contributed by atoms with Crippen LogP contribution in [-0.2, 0) is 11.3 Å². The van der Waals surface area contributed by atoms with E-state index in [0.717, 1.165) is 12.8 Å². The lowest BCUT2D eigenvalue weighted by molar-refractivity contribution is 0.0506. The number of carbonyl (C=O) groups is 1. The molecule has 1 aliphatic carbocycles. The van der Waals surface area contributed by atoms with E-state index in [1.807, 2.05) is 20.8 Å².